The van der Waals surface area contributed by atoms with Crippen LogP contribution in [0.2, 0.25) is 0 Å². The molecule has 15 heavy (non-hydrogen) atoms. The van der Waals surface area contributed by atoms with E-state index in [2.05, 4.69) is 29.5 Å². The molecular formula is C10H17N3S2. The highest BCUT2D eigenvalue weighted by Gasteiger charge is 2.34. The first-order valence-corrected chi connectivity index (χ1v) is 7.13. The second-order valence-corrected chi connectivity index (χ2v) is 5.83. The lowest BCUT2D eigenvalue weighted by Gasteiger charge is -2.17. The van der Waals surface area contributed by atoms with Crippen LogP contribution in [0.5, 0.6) is 0 Å². The van der Waals surface area contributed by atoms with Gasteiger partial charge in [0.1, 0.15) is 5.00 Å². The van der Waals surface area contributed by atoms with Crippen LogP contribution in [0.3, 0.4) is 0 Å². The summed E-state index contributed by atoms with van der Waals surface area (Å²) in [5.41, 5.74) is 5.82. The van der Waals surface area contributed by atoms with E-state index >= 15 is 0 Å². The molecule has 0 saturated heterocycles. The molecule has 1 heterocycles. The van der Waals surface area contributed by atoms with E-state index in [1.54, 1.807) is 11.8 Å². The van der Waals surface area contributed by atoms with Crippen molar-refractivity contribution in [2.24, 2.45) is 11.8 Å². The Balaban J connectivity index is 2.07. The van der Waals surface area contributed by atoms with E-state index in [4.69, 9.17) is 5.73 Å². The van der Waals surface area contributed by atoms with Crippen molar-refractivity contribution in [3.8, 4) is 0 Å². The maximum Gasteiger partial charge on any atom is 0.153 e. The van der Waals surface area contributed by atoms with E-state index in [0.29, 0.717) is 5.82 Å². The zero-order valence-corrected chi connectivity index (χ0v) is 11.0. The van der Waals surface area contributed by atoms with Gasteiger partial charge in [-0.3, -0.25) is 0 Å². The topological polar surface area (TPSA) is 42.1 Å². The Kier molecular flexibility index (Phi) is 3.11. The molecule has 0 aliphatic heterocycles. The lowest BCUT2D eigenvalue weighted by atomic mass is 10.3. The molecule has 0 radical (unpaired) electrons. The molecule has 2 atom stereocenters. The van der Waals surface area contributed by atoms with Crippen molar-refractivity contribution in [3.63, 3.8) is 0 Å². The molecule has 1 fully saturated rings. The SMILES string of the molecule is CSc1c(N)nsc1N(C)CC1CC1C. The van der Waals surface area contributed by atoms with Gasteiger partial charge in [-0.15, -0.1) is 11.8 Å². The maximum absolute atomic E-state index is 5.82. The van der Waals surface area contributed by atoms with E-state index in [1.165, 1.54) is 23.0 Å². The molecule has 1 saturated carbocycles. The van der Waals surface area contributed by atoms with Gasteiger partial charge in [0.2, 0.25) is 0 Å². The lowest BCUT2D eigenvalue weighted by Crippen LogP contribution is -2.19. The first kappa shape index (κ1) is 11.1. The summed E-state index contributed by atoms with van der Waals surface area (Å²) in [4.78, 5) is 3.43. The summed E-state index contributed by atoms with van der Waals surface area (Å²) < 4.78 is 4.21. The van der Waals surface area contributed by atoms with E-state index in [9.17, 15) is 0 Å². The van der Waals surface area contributed by atoms with Crippen molar-refractivity contribution in [1.82, 2.24) is 4.37 Å². The Morgan fingerprint density at radius 2 is 2.33 bits per heavy atom. The molecule has 1 aliphatic rings. The van der Waals surface area contributed by atoms with Crippen molar-refractivity contribution in [3.05, 3.63) is 0 Å². The molecule has 0 aromatic carbocycles. The van der Waals surface area contributed by atoms with Gasteiger partial charge in [-0.2, -0.15) is 4.37 Å². The molecule has 1 aliphatic carbocycles. The van der Waals surface area contributed by atoms with Gasteiger partial charge in [0.05, 0.1) is 4.90 Å². The van der Waals surface area contributed by atoms with Crippen molar-refractivity contribution < 1.29 is 0 Å². The number of anilines is 2. The van der Waals surface area contributed by atoms with Gasteiger partial charge in [-0.25, -0.2) is 0 Å². The van der Waals surface area contributed by atoms with E-state index < -0.39 is 0 Å². The number of rotatable bonds is 4. The monoisotopic (exact) mass is 243 g/mol. The Morgan fingerprint density at radius 1 is 1.67 bits per heavy atom. The van der Waals surface area contributed by atoms with Gasteiger partial charge in [0, 0.05) is 13.6 Å². The highest BCUT2D eigenvalue weighted by molar-refractivity contribution is 7.99. The molecule has 0 bridgehead atoms. The number of nitrogens with two attached hydrogens (primary N) is 1. The van der Waals surface area contributed by atoms with E-state index in [-0.39, 0.29) is 0 Å². The summed E-state index contributed by atoms with van der Waals surface area (Å²) in [5, 5.41) is 1.22. The van der Waals surface area contributed by atoms with Gasteiger partial charge in [-0.05, 0) is 36.0 Å². The summed E-state index contributed by atoms with van der Waals surface area (Å²) in [7, 11) is 2.14. The number of nitrogen functional groups attached to an aromatic ring is 1. The smallest absolute Gasteiger partial charge is 0.153 e. The van der Waals surface area contributed by atoms with Crippen molar-refractivity contribution in [2.45, 2.75) is 18.2 Å². The van der Waals surface area contributed by atoms with Gasteiger partial charge in [-0.1, -0.05) is 6.92 Å². The molecule has 5 heteroatoms. The van der Waals surface area contributed by atoms with Crippen LogP contribution >= 0.6 is 23.3 Å². The predicted molar refractivity (Wildman–Crippen MR) is 68.8 cm³/mol. The number of nitrogens with zero attached hydrogens (tertiary/aromatic N) is 2. The van der Waals surface area contributed by atoms with Crippen LogP contribution in [-0.2, 0) is 0 Å². The van der Waals surface area contributed by atoms with Crippen LogP contribution in [0, 0.1) is 11.8 Å². The first-order chi connectivity index (χ1) is 7.13. The lowest BCUT2D eigenvalue weighted by molar-refractivity contribution is 0.726. The normalized spacial score (nSPS) is 24.2. The van der Waals surface area contributed by atoms with Crippen molar-refractivity contribution in [2.75, 3.05) is 30.5 Å². The molecule has 2 unspecified atom stereocenters. The largest absolute Gasteiger partial charge is 0.382 e. The molecule has 0 spiro atoms. The Morgan fingerprint density at radius 3 is 2.87 bits per heavy atom. The molecule has 1 aromatic heterocycles. The number of aromatic nitrogens is 1. The maximum atomic E-state index is 5.82. The Labute approximate surface area is 99.2 Å². The van der Waals surface area contributed by atoms with Crippen LogP contribution in [0.4, 0.5) is 10.8 Å². The Hall–Kier alpha value is -0.420. The fourth-order valence-electron chi connectivity index (χ4n) is 1.81. The highest BCUT2D eigenvalue weighted by atomic mass is 32.2. The molecular weight excluding hydrogens is 226 g/mol. The second kappa shape index (κ2) is 4.22. The molecule has 0 amide bonds. The van der Waals surface area contributed by atoms with Gasteiger partial charge in [0.15, 0.2) is 5.82 Å². The average molecular weight is 243 g/mol. The fourth-order valence-corrected chi connectivity index (χ4v) is 3.49. The predicted octanol–water partition coefficient (Wildman–Crippen LogP) is 2.54. The molecule has 2 N–H and O–H groups in total. The van der Waals surface area contributed by atoms with Crippen LogP contribution in [0.1, 0.15) is 13.3 Å². The summed E-state index contributed by atoms with van der Waals surface area (Å²) >= 11 is 3.20. The fraction of sp³-hybridized carbons (Fsp3) is 0.700. The van der Waals surface area contributed by atoms with E-state index in [0.717, 1.165) is 23.3 Å². The number of thioether (sulfide) groups is 1. The van der Waals surface area contributed by atoms with Crippen LogP contribution in [0.15, 0.2) is 4.90 Å². The summed E-state index contributed by atoms with van der Waals surface area (Å²) in [6, 6.07) is 0. The van der Waals surface area contributed by atoms with Crippen LogP contribution in [-0.4, -0.2) is 24.2 Å². The average Bonchev–Trinajstić information content (AvgIpc) is 2.76. The highest BCUT2D eigenvalue weighted by Crippen LogP contribution is 2.42. The first-order valence-electron chi connectivity index (χ1n) is 5.13. The standard InChI is InChI=1S/C10H17N3S2/c1-6-4-7(6)5-13(2)10-8(14-3)9(11)12-15-10/h6-7H,4-5H2,1-3H3,(H2,11,12). The third-order valence-electron chi connectivity index (χ3n) is 2.99. The summed E-state index contributed by atoms with van der Waals surface area (Å²) in [6.07, 6.45) is 3.42. The molecule has 2 rings (SSSR count). The zero-order chi connectivity index (χ0) is 11.0. The van der Waals surface area contributed by atoms with Crippen LogP contribution < -0.4 is 10.6 Å². The minimum Gasteiger partial charge on any atom is -0.382 e. The zero-order valence-electron chi connectivity index (χ0n) is 9.36. The third kappa shape index (κ3) is 2.23. The molecule has 3 nitrogen and oxygen atoms in total. The van der Waals surface area contributed by atoms with Gasteiger partial charge in [0.25, 0.3) is 0 Å². The Bertz CT molecular complexity index is 350. The van der Waals surface area contributed by atoms with Gasteiger partial charge >= 0.3 is 0 Å². The van der Waals surface area contributed by atoms with Gasteiger partial charge < -0.3 is 10.6 Å². The van der Waals surface area contributed by atoms with Crippen LogP contribution in [0.25, 0.3) is 0 Å². The summed E-state index contributed by atoms with van der Waals surface area (Å²) in [5.74, 6) is 2.45. The second-order valence-electron chi connectivity index (χ2n) is 4.26. The minimum atomic E-state index is 0.679. The van der Waals surface area contributed by atoms with Crippen molar-refractivity contribution in [1.29, 1.82) is 0 Å². The van der Waals surface area contributed by atoms with Crippen molar-refractivity contribution >= 4 is 34.1 Å². The third-order valence-corrected chi connectivity index (χ3v) is 4.91. The number of hydrogen-bond donors (Lipinski definition) is 1. The molecule has 84 valence electrons. The number of hydrogen-bond acceptors (Lipinski definition) is 5. The quantitative estimate of drug-likeness (QED) is 0.825. The minimum absolute atomic E-state index is 0.679. The molecule has 1 aromatic rings. The summed E-state index contributed by atoms with van der Waals surface area (Å²) in [6.45, 7) is 3.45. The van der Waals surface area contributed by atoms with E-state index in [1.807, 2.05) is 0 Å².